The maximum Gasteiger partial charge on any atom is 0.261 e. The molecule has 0 saturated carbocycles. The molecule has 0 radical (unpaired) electrons. The molecular formula is C19H29N5O2S. The van der Waals surface area contributed by atoms with Crippen LogP contribution >= 0.6 is 11.3 Å². The van der Waals surface area contributed by atoms with E-state index in [1.54, 1.807) is 6.33 Å². The zero-order valence-electron chi connectivity index (χ0n) is 16.8. The average molecular weight is 392 g/mol. The number of nitrogens with zero attached hydrogens (tertiary/aromatic N) is 3. The van der Waals surface area contributed by atoms with E-state index >= 15 is 0 Å². The molecule has 3 rings (SSSR count). The molecule has 2 N–H and O–H groups in total. The first-order valence-electron chi connectivity index (χ1n) is 9.34. The summed E-state index contributed by atoms with van der Waals surface area (Å²) in [5, 5.41) is 7.50. The van der Waals surface area contributed by atoms with Crippen molar-refractivity contribution in [2.45, 2.75) is 45.3 Å². The summed E-state index contributed by atoms with van der Waals surface area (Å²) >= 11 is 1.43. The predicted octanol–water partition coefficient (Wildman–Crippen LogP) is 2.66. The highest BCUT2D eigenvalue weighted by Gasteiger charge is 2.30. The number of hydrogen-bond acceptors (Lipinski definition) is 7. The fourth-order valence-electron chi connectivity index (χ4n) is 3.43. The Morgan fingerprint density at radius 2 is 2.19 bits per heavy atom. The van der Waals surface area contributed by atoms with Crippen LogP contribution in [0.2, 0.25) is 0 Å². The molecule has 1 atom stereocenters. The van der Waals surface area contributed by atoms with E-state index in [0.717, 1.165) is 47.5 Å². The molecule has 1 amide bonds. The van der Waals surface area contributed by atoms with Gasteiger partial charge in [0.15, 0.2) is 0 Å². The highest BCUT2D eigenvalue weighted by molar-refractivity contribution is 7.20. The van der Waals surface area contributed by atoms with E-state index in [4.69, 9.17) is 4.74 Å². The van der Waals surface area contributed by atoms with Gasteiger partial charge in [-0.15, -0.1) is 11.3 Å². The number of thiophene rings is 1. The van der Waals surface area contributed by atoms with Crippen LogP contribution in [0, 0.1) is 6.92 Å². The van der Waals surface area contributed by atoms with Gasteiger partial charge in [0.1, 0.15) is 17.0 Å². The molecule has 7 nitrogen and oxygen atoms in total. The van der Waals surface area contributed by atoms with Gasteiger partial charge < -0.3 is 20.3 Å². The molecule has 0 spiro atoms. The number of fused-ring (bicyclic) bond motifs is 1. The third-order valence-electron chi connectivity index (χ3n) is 4.82. The Kier molecular flexibility index (Phi) is 5.98. The maximum absolute atomic E-state index is 12.9. The van der Waals surface area contributed by atoms with Crippen LogP contribution in [-0.2, 0) is 4.74 Å². The van der Waals surface area contributed by atoms with Crippen molar-refractivity contribution in [3.63, 3.8) is 0 Å². The number of likely N-dealkylation sites (N-methyl/N-ethyl adjacent to an activating group) is 1. The van der Waals surface area contributed by atoms with Crippen molar-refractivity contribution in [2.75, 3.05) is 39.1 Å². The van der Waals surface area contributed by atoms with Crippen LogP contribution in [-0.4, -0.2) is 66.2 Å². The second kappa shape index (κ2) is 8.08. The van der Waals surface area contributed by atoms with E-state index < -0.39 is 0 Å². The first kappa shape index (κ1) is 20.0. The van der Waals surface area contributed by atoms with Crippen LogP contribution in [0.4, 0.5) is 5.82 Å². The highest BCUT2D eigenvalue weighted by Crippen LogP contribution is 2.33. The summed E-state index contributed by atoms with van der Waals surface area (Å²) in [7, 11) is 4.07. The van der Waals surface area contributed by atoms with E-state index in [9.17, 15) is 4.79 Å². The van der Waals surface area contributed by atoms with Gasteiger partial charge in [0.05, 0.1) is 15.9 Å². The van der Waals surface area contributed by atoms with Gasteiger partial charge in [-0.1, -0.05) is 0 Å². The largest absolute Gasteiger partial charge is 0.375 e. The fourth-order valence-corrected chi connectivity index (χ4v) is 4.48. The number of ether oxygens (including phenoxy) is 1. The molecule has 0 unspecified atom stereocenters. The molecule has 8 heteroatoms. The lowest BCUT2D eigenvalue weighted by Crippen LogP contribution is -2.45. The van der Waals surface area contributed by atoms with E-state index in [2.05, 4.69) is 39.3 Å². The Labute approximate surface area is 164 Å². The Hall–Kier alpha value is -1.77. The van der Waals surface area contributed by atoms with Crippen molar-refractivity contribution in [3.05, 3.63) is 16.8 Å². The van der Waals surface area contributed by atoms with Crippen molar-refractivity contribution in [2.24, 2.45) is 0 Å². The zero-order valence-corrected chi connectivity index (χ0v) is 17.6. The molecule has 0 aromatic carbocycles. The Bertz CT molecular complexity index is 818. The molecule has 0 aliphatic carbocycles. The van der Waals surface area contributed by atoms with Gasteiger partial charge >= 0.3 is 0 Å². The molecule has 1 saturated heterocycles. The number of carbonyl (C=O) groups is 1. The maximum atomic E-state index is 12.9. The van der Waals surface area contributed by atoms with Crippen molar-refractivity contribution in [1.82, 2.24) is 20.2 Å². The summed E-state index contributed by atoms with van der Waals surface area (Å²) in [6, 6.07) is 0.134. The van der Waals surface area contributed by atoms with Crippen molar-refractivity contribution in [1.29, 1.82) is 0 Å². The van der Waals surface area contributed by atoms with Crippen LogP contribution in [0.5, 0.6) is 0 Å². The normalized spacial score (nSPS) is 19.4. The molecule has 1 aliphatic heterocycles. The lowest BCUT2D eigenvalue weighted by molar-refractivity contribution is -0.0615. The van der Waals surface area contributed by atoms with Gasteiger partial charge in [-0.05, 0) is 53.3 Å². The monoisotopic (exact) mass is 391 g/mol. The van der Waals surface area contributed by atoms with Gasteiger partial charge in [0.25, 0.3) is 5.91 Å². The number of hydrogen-bond donors (Lipinski definition) is 2. The number of aryl methyl sites for hydroxylation is 1. The molecule has 2 aromatic rings. The molecule has 148 valence electrons. The SMILES string of the molecule is Cc1c(C(=O)N[C@H]2CCOC(C)(C)C2)sc2ncnc(NCCN(C)C)c12. The molecule has 0 bridgehead atoms. The first-order chi connectivity index (χ1) is 12.8. The standard InChI is InChI=1S/C19H29N5O2S/c1-12-14-16(20-7-8-24(4)5)21-11-22-18(14)27-15(12)17(25)23-13-6-9-26-19(2,3)10-13/h11,13H,6-10H2,1-5H3,(H,23,25)(H,20,21,22)/t13-/m0/s1. The number of amides is 1. The molecule has 27 heavy (non-hydrogen) atoms. The summed E-state index contributed by atoms with van der Waals surface area (Å²) in [5.74, 6) is 0.763. The fraction of sp³-hybridized carbons (Fsp3) is 0.632. The van der Waals surface area contributed by atoms with E-state index in [1.165, 1.54) is 11.3 Å². The Morgan fingerprint density at radius 3 is 2.89 bits per heavy atom. The molecular weight excluding hydrogens is 362 g/mol. The van der Waals surface area contributed by atoms with Gasteiger partial charge in [0.2, 0.25) is 0 Å². The molecule has 3 heterocycles. The van der Waals surface area contributed by atoms with Crippen molar-refractivity contribution >= 4 is 33.3 Å². The van der Waals surface area contributed by atoms with Crippen LogP contribution in [0.25, 0.3) is 10.2 Å². The quantitative estimate of drug-likeness (QED) is 0.788. The number of carbonyl (C=O) groups excluding carboxylic acids is 1. The van der Waals surface area contributed by atoms with Crippen LogP contribution < -0.4 is 10.6 Å². The van der Waals surface area contributed by atoms with Gasteiger partial charge in [-0.3, -0.25) is 4.79 Å². The van der Waals surface area contributed by atoms with Gasteiger partial charge in [-0.2, -0.15) is 0 Å². The minimum Gasteiger partial charge on any atom is -0.375 e. The lowest BCUT2D eigenvalue weighted by atomic mass is 9.94. The van der Waals surface area contributed by atoms with Crippen molar-refractivity contribution in [3.8, 4) is 0 Å². The second-order valence-electron chi connectivity index (χ2n) is 7.96. The predicted molar refractivity (Wildman–Crippen MR) is 110 cm³/mol. The molecule has 1 fully saturated rings. The average Bonchev–Trinajstić information content (AvgIpc) is 2.91. The smallest absolute Gasteiger partial charge is 0.261 e. The van der Waals surface area contributed by atoms with E-state index in [-0.39, 0.29) is 17.6 Å². The first-order valence-corrected chi connectivity index (χ1v) is 10.2. The number of anilines is 1. The number of rotatable bonds is 6. The van der Waals surface area contributed by atoms with Crippen LogP contribution in [0.3, 0.4) is 0 Å². The van der Waals surface area contributed by atoms with E-state index in [1.807, 2.05) is 21.0 Å². The van der Waals surface area contributed by atoms with E-state index in [0.29, 0.717) is 11.5 Å². The third-order valence-corrected chi connectivity index (χ3v) is 6.02. The Morgan fingerprint density at radius 1 is 1.41 bits per heavy atom. The summed E-state index contributed by atoms with van der Waals surface area (Å²) in [4.78, 5) is 25.3. The second-order valence-corrected chi connectivity index (χ2v) is 8.96. The van der Waals surface area contributed by atoms with Crippen LogP contribution in [0.1, 0.15) is 41.9 Å². The minimum atomic E-state index is -0.194. The lowest BCUT2D eigenvalue weighted by Gasteiger charge is -2.35. The number of nitrogens with one attached hydrogen (secondary N) is 2. The molecule has 2 aromatic heterocycles. The topological polar surface area (TPSA) is 79.4 Å². The van der Waals surface area contributed by atoms with Gasteiger partial charge in [-0.25, -0.2) is 9.97 Å². The third kappa shape index (κ3) is 4.75. The molecule has 1 aliphatic rings. The number of aromatic nitrogens is 2. The zero-order chi connectivity index (χ0) is 19.6. The summed E-state index contributed by atoms with van der Waals surface area (Å²) in [6.45, 7) is 8.47. The Balaban J connectivity index is 1.78. The highest BCUT2D eigenvalue weighted by atomic mass is 32.1. The summed E-state index contributed by atoms with van der Waals surface area (Å²) < 4.78 is 5.75. The van der Waals surface area contributed by atoms with Gasteiger partial charge in [0, 0.05) is 25.7 Å². The van der Waals surface area contributed by atoms with Crippen molar-refractivity contribution < 1.29 is 9.53 Å². The summed E-state index contributed by atoms with van der Waals surface area (Å²) in [5.41, 5.74) is 0.743. The van der Waals surface area contributed by atoms with Crippen LogP contribution in [0.15, 0.2) is 6.33 Å². The summed E-state index contributed by atoms with van der Waals surface area (Å²) in [6.07, 6.45) is 3.22. The minimum absolute atomic E-state index is 0.0301.